The van der Waals surface area contributed by atoms with Crippen molar-refractivity contribution < 1.29 is 9.84 Å². The molecule has 2 N–H and O–H groups in total. The Balaban J connectivity index is 2.34. The highest BCUT2D eigenvalue weighted by Gasteiger charge is 2.27. The van der Waals surface area contributed by atoms with Gasteiger partial charge in [0.1, 0.15) is 0 Å². The topological polar surface area (TPSA) is 44.7 Å². The normalized spacial score (nSPS) is 21.3. The molecule has 0 bridgehead atoms. The molecule has 4 nitrogen and oxygen atoms in total. The van der Waals surface area contributed by atoms with Gasteiger partial charge in [-0.15, -0.1) is 0 Å². The number of nitrogens with one attached hydrogen (secondary N) is 1. The lowest BCUT2D eigenvalue weighted by atomic mass is 9.90. The summed E-state index contributed by atoms with van der Waals surface area (Å²) < 4.78 is 5.47. The first-order chi connectivity index (χ1) is 9.12. The molecule has 1 saturated heterocycles. The molecular formula is C15H32N2O2. The highest BCUT2D eigenvalue weighted by Crippen LogP contribution is 2.18. The van der Waals surface area contributed by atoms with Crippen molar-refractivity contribution in [3.8, 4) is 0 Å². The third-order valence-electron chi connectivity index (χ3n) is 4.02. The van der Waals surface area contributed by atoms with Crippen LogP contribution in [0.25, 0.3) is 0 Å². The highest BCUT2D eigenvalue weighted by atomic mass is 16.5. The summed E-state index contributed by atoms with van der Waals surface area (Å²) in [5.74, 6) is 0. The van der Waals surface area contributed by atoms with Crippen molar-refractivity contribution in [2.45, 2.75) is 58.0 Å². The summed E-state index contributed by atoms with van der Waals surface area (Å²) in [7, 11) is 0. The van der Waals surface area contributed by atoms with Crippen LogP contribution in [0.2, 0.25) is 0 Å². The molecule has 4 heteroatoms. The second-order valence-corrected chi connectivity index (χ2v) is 6.00. The van der Waals surface area contributed by atoms with Gasteiger partial charge in [0.2, 0.25) is 0 Å². The Kier molecular flexibility index (Phi) is 7.91. The monoisotopic (exact) mass is 272 g/mol. The number of rotatable bonds is 8. The number of hydrogen-bond donors (Lipinski definition) is 2. The standard InChI is InChI=1S/C15H32N2O2/c1-4-15(13-18,16-14(2)3)7-5-8-17-9-6-11-19-12-10-17/h14,16,18H,4-13H2,1-3H3. The van der Waals surface area contributed by atoms with E-state index in [9.17, 15) is 5.11 Å². The van der Waals surface area contributed by atoms with Gasteiger partial charge < -0.3 is 20.1 Å². The lowest BCUT2D eigenvalue weighted by Crippen LogP contribution is -2.51. The molecule has 114 valence electrons. The molecule has 1 fully saturated rings. The van der Waals surface area contributed by atoms with Crippen LogP contribution in [0.4, 0.5) is 0 Å². The fraction of sp³-hybridized carbons (Fsp3) is 1.00. The van der Waals surface area contributed by atoms with Gasteiger partial charge in [-0.05, 0) is 32.2 Å². The van der Waals surface area contributed by atoms with E-state index in [-0.39, 0.29) is 12.1 Å². The van der Waals surface area contributed by atoms with E-state index in [1.807, 2.05) is 0 Å². The lowest BCUT2D eigenvalue weighted by Gasteiger charge is -2.35. The predicted molar refractivity (Wildman–Crippen MR) is 79.5 cm³/mol. The van der Waals surface area contributed by atoms with Crippen LogP contribution >= 0.6 is 0 Å². The first-order valence-electron chi connectivity index (χ1n) is 7.80. The second-order valence-electron chi connectivity index (χ2n) is 6.00. The van der Waals surface area contributed by atoms with Gasteiger partial charge in [-0.25, -0.2) is 0 Å². The summed E-state index contributed by atoms with van der Waals surface area (Å²) in [4.78, 5) is 2.49. The number of nitrogens with zero attached hydrogens (tertiary/aromatic N) is 1. The van der Waals surface area contributed by atoms with Gasteiger partial charge in [0.05, 0.1) is 13.2 Å². The maximum Gasteiger partial charge on any atom is 0.0613 e. The number of ether oxygens (including phenoxy) is 1. The molecule has 0 spiro atoms. The van der Waals surface area contributed by atoms with Crippen LogP contribution in [0.3, 0.4) is 0 Å². The summed E-state index contributed by atoms with van der Waals surface area (Å²) in [5, 5.41) is 13.3. The molecule has 0 aromatic heterocycles. The van der Waals surface area contributed by atoms with Crippen LogP contribution in [0.1, 0.15) is 46.5 Å². The summed E-state index contributed by atoms with van der Waals surface area (Å²) in [6.07, 6.45) is 4.29. The first-order valence-corrected chi connectivity index (χ1v) is 7.80. The van der Waals surface area contributed by atoms with Gasteiger partial charge in [0.15, 0.2) is 0 Å². The third-order valence-corrected chi connectivity index (χ3v) is 4.02. The van der Waals surface area contributed by atoms with Crippen LogP contribution in [0.15, 0.2) is 0 Å². The lowest BCUT2D eigenvalue weighted by molar-refractivity contribution is 0.125. The van der Waals surface area contributed by atoms with Crippen molar-refractivity contribution in [2.24, 2.45) is 0 Å². The van der Waals surface area contributed by atoms with Crippen molar-refractivity contribution in [3.05, 3.63) is 0 Å². The summed E-state index contributed by atoms with van der Waals surface area (Å²) >= 11 is 0. The van der Waals surface area contributed by atoms with E-state index >= 15 is 0 Å². The zero-order valence-corrected chi connectivity index (χ0v) is 13.0. The van der Waals surface area contributed by atoms with Crippen LogP contribution in [0, 0.1) is 0 Å². The number of aliphatic hydroxyl groups excluding tert-OH is 1. The number of aliphatic hydroxyl groups is 1. The SMILES string of the molecule is CCC(CO)(CCCN1CCCOCC1)NC(C)C. The third kappa shape index (κ3) is 6.21. The second kappa shape index (κ2) is 8.90. The van der Waals surface area contributed by atoms with Crippen LogP contribution in [0.5, 0.6) is 0 Å². The minimum Gasteiger partial charge on any atom is -0.394 e. The molecule has 1 heterocycles. The molecule has 1 aliphatic rings. The van der Waals surface area contributed by atoms with Gasteiger partial charge in [0.25, 0.3) is 0 Å². The maximum atomic E-state index is 9.71. The van der Waals surface area contributed by atoms with E-state index in [0.717, 1.165) is 58.5 Å². The maximum absolute atomic E-state index is 9.71. The molecule has 0 radical (unpaired) electrons. The average Bonchev–Trinajstić information content (AvgIpc) is 2.66. The largest absolute Gasteiger partial charge is 0.394 e. The van der Waals surface area contributed by atoms with E-state index in [0.29, 0.717) is 6.04 Å². The van der Waals surface area contributed by atoms with Gasteiger partial charge in [-0.3, -0.25) is 0 Å². The van der Waals surface area contributed by atoms with Gasteiger partial charge >= 0.3 is 0 Å². The van der Waals surface area contributed by atoms with E-state index in [1.165, 1.54) is 0 Å². The predicted octanol–water partition coefficient (Wildman–Crippen LogP) is 1.63. The van der Waals surface area contributed by atoms with Crippen molar-refractivity contribution in [2.75, 3.05) is 39.5 Å². The molecular weight excluding hydrogens is 240 g/mol. The van der Waals surface area contributed by atoms with Gasteiger partial charge in [0, 0.05) is 31.3 Å². The summed E-state index contributed by atoms with van der Waals surface area (Å²) in [5.41, 5.74) is -0.101. The van der Waals surface area contributed by atoms with Crippen LogP contribution in [-0.4, -0.2) is 61.0 Å². The smallest absolute Gasteiger partial charge is 0.0613 e. The van der Waals surface area contributed by atoms with Crippen molar-refractivity contribution >= 4 is 0 Å². The van der Waals surface area contributed by atoms with Crippen molar-refractivity contribution in [1.29, 1.82) is 0 Å². The molecule has 1 unspecified atom stereocenters. The molecule has 0 saturated carbocycles. The molecule has 1 rings (SSSR count). The van der Waals surface area contributed by atoms with E-state index < -0.39 is 0 Å². The Morgan fingerprint density at radius 3 is 2.74 bits per heavy atom. The highest BCUT2D eigenvalue weighted by molar-refractivity contribution is 4.87. The summed E-state index contributed by atoms with van der Waals surface area (Å²) in [6.45, 7) is 11.8. The fourth-order valence-electron chi connectivity index (χ4n) is 2.86. The minimum atomic E-state index is -0.101. The summed E-state index contributed by atoms with van der Waals surface area (Å²) in [6, 6.07) is 0.415. The Labute approximate surface area is 118 Å². The van der Waals surface area contributed by atoms with Crippen molar-refractivity contribution in [1.82, 2.24) is 10.2 Å². The molecule has 0 aromatic carbocycles. The van der Waals surface area contributed by atoms with Gasteiger partial charge in [-0.2, -0.15) is 0 Å². The van der Waals surface area contributed by atoms with E-state index in [1.54, 1.807) is 0 Å². The molecule has 0 aromatic rings. The van der Waals surface area contributed by atoms with Crippen LogP contribution < -0.4 is 5.32 Å². The zero-order chi connectivity index (χ0) is 14.1. The average molecular weight is 272 g/mol. The minimum absolute atomic E-state index is 0.101. The Hall–Kier alpha value is -0.160. The molecule has 0 aliphatic carbocycles. The molecule has 1 atom stereocenters. The molecule has 0 amide bonds. The fourth-order valence-corrected chi connectivity index (χ4v) is 2.86. The molecule has 19 heavy (non-hydrogen) atoms. The zero-order valence-electron chi connectivity index (χ0n) is 13.0. The Bertz CT molecular complexity index is 222. The Morgan fingerprint density at radius 2 is 2.11 bits per heavy atom. The molecule has 1 aliphatic heterocycles. The van der Waals surface area contributed by atoms with Crippen LogP contribution in [-0.2, 0) is 4.74 Å². The first kappa shape index (κ1) is 16.9. The quantitative estimate of drug-likeness (QED) is 0.705. The van der Waals surface area contributed by atoms with Crippen molar-refractivity contribution in [3.63, 3.8) is 0 Å². The van der Waals surface area contributed by atoms with E-state index in [4.69, 9.17) is 4.74 Å². The Morgan fingerprint density at radius 1 is 1.32 bits per heavy atom. The number of hydrogen-bond acceptors (Lipinski definition) is 4. The van der Waals surface area contributed by atoms with Gasteiger partial charge in [-0.1, -0.05) is 20.8 Å². The van der Waals surface area contributed by atoms with E-state index in [2.05, 4.69) is 31.0 Å².